The van der Waals surface area contributed by atoms with Crippen LogP contribution < -0.4 is 5.73 Å². The second-order valence-electron chi connectivity index (χ2n) is 6.90. The van der Waals surface area contributed by atoms with E-state index < -0.39 is 11.1 Å². The van der Waals surface area contributed by atoms with Crippen molar-refractivity contribution in [2.24, 2.45) is 11.7 Å². The lowest BCUT2D eigenvalue weighted by Gasteiger charge is -2.31. The molecule has 1 fully saturated rings. The van der Waals surface area contributed by atoms with E-state index in [0.29, 0.717) is 6.54 Å². The van der Waals surface area contributed by atoms with E-state index in [9.17, 15) is 4.79 Å². The molecule has 5 heteroatoms. The molecule has 0 amide bonds. The third-order valence-electron chi connectivity index (χ3n) is 3.60. The van der Waals surface area contributed by atoms with E-state index in [2.05, 4.69) is 5.10 Å². The Morgan fingerprint density at radius 3 is 2.45 bits per heavy atom. The quantitative estimate of drug-likeness (QED) is 0.855. The fraction of sp³-hybridized carbons (Fsp3) is 0.733. The molecule has 0 saturated heterocycles. The van der Waals surface area contributed by atoms with Crippen molar-refractivity contribution in [3.63, 3.8) is 0 Å². The molecule has 5 nitrogen and oxygen atoms in total. The Morgan fingerprint density at radius 2 is 2.05 bits per heavy atom. The number of ether oxygens (including phenoxy) is 1. The summed E-state index contributed by atoms with van der Waals surface area (Å²) in [6.45, 7) is 9.88. The molecule has 1 atom stereocenters. The van der Waals surface area contributed by atoms with Gasteiger partial charge >= 0.3 is 5.97 Å². The zero-order valence-electron chi connectivity index (χ0n) is 13.1. The molecule has 1 unspecified atom stereocenters. The van der Waals surface area contributed by atoms with Crippen LogP contribution in [0.2, 0.25) is 0 Å². The lowest BCUT2D eigenvalue weighted by atomic mass is 9.94. The molecule has 0 bridgehead atoms. The highest BCUT2D eigenvalue weighted by Gasteiger charge is 2.50. The number of carbonyl (C=O) groups excluding carboxylic acids is 1. The van der Waals surface area contributed by atoms with Crippen LogP contribution in [0.15, 0.2) is 6.07 Å². The number of hydrogen-bond donors (Lipinski definition) is 1. The molecule has 2 N–H and O–H groups in total. The molecule has 20 heavy (non-hydrogen) atoms. The molecule has 0 spiro atoms. The van der Waals surface area contributed by atoms with Crippen LogP contribution in [-0.2, 0) is 16.1 Å². The van der Waals surface area contributed by atoms with Crippen molar-refractivity contribution >= 4 is 5.97 Å². The van der Waals surface area contributed by atoms with Gasteiger partial charge in [0.1, 0.15) is 11.1 Å². The Bertz CT molecular complexity index is 512. The van der Waals surface area contributed by atoms with Gasteiger partial charge in [-0.3, -0.25) is 4.68 Å². The minimum absolute atomic E-state index is 0.196. The van der Waals surface area contributed by atoms with Gasteiger partial charge in [-0.05, 0) is 59.4 Å². The summed E-state index contributed by atoms with van der Waals surface area (Å²) in [6.07, 6.45) is 1.96. The summed E-state index contributed by atoms with van der Waals surface area (Å²) in [4.78, 5) is 12.5. The van der Waals surface area contributed by atoms with Crippen LogP contribution in [-0.4, -0.2) is 26.9 Å². The monoisotopic (exact) mass is 279 g/mol. The molecule has 1 saturated carbocycles. The molecule has 1 aliphatic rings. The first-order chi connectivity index (χ1) is 9.12. The topological polar surface area (TPSA) is 70.1 Å². The number of nitrogens with zero attached hydrogens (tertiary/aromatic N) is 2. The summed E-state index contributed by atoms with van der Waals surface area (Å²) in [5.74, 6) is -0.124. The maximum atomic E-state index is 12.5. The molecular formula is C15H25N3O2. The Kier molecular flexibility index (Phi) is 3.67. The number of carbonyl (C=O) groups is 1. The van der Waals surface area contributed by atoms with Gasteiger partial charge in [-0.2, -0.15) is 5.10 Å². The van der Waals surface area contributed by atoms with Gasteiger partial charge in [0.25, 0.3) is 0 Å². The maximum Gasteiger partial charge on any atom is 0.328 e. The van der Waals surface area contributed by atoms with Gasteiger partial charge in [0.05, 0.1) is 12.2 Å². The molecule has 1 aliphatic carbocycles. The number of nitrogens with two attached hydrogens (primary N) is 1. The Morgan fingerprint density at radius 1 is 1.45 bits per heavy atom. The molecule has 112 valence electrons. The van der Waals surface area contributed by atoms with Crippen molar-refractivity contribution in [1.82, 2.24) is 9.78 Å². The summed E-state index contributed by atoms with van der Waals surface area (Å²) < 4.78 is 7.34. The molecule has 1 heterocycles. The van der Waals surface area contributed by atoms with Crippen molar-refractivity contribution in [3.05, 3.63) is 17.5 Å². The summed E-state index contributed by atoms with van der Waals surface area (Å²) in [6, 6.07) is 1.99. The zero-order valence-corrected chi connectivity index (χ0v) is 13.1. The highest BCUT2D eigenvalue weighted by molar-refractivity contribution is 5.81. The number of hydrogen-bond acceptors (Lipinski definition) is 4. The number of esters is 1. The minimum Gasteiger partial charge on any atom is -0.459 e. The normalized spacial score (nSPS) is 18.7. The summed E-state index contributed by atoms with van der Waals surface area (Å²) in [5, 5.41) is 4.41. The lowest BCUT2D eigenvalue weighted by Crippen LogP contribution is -2.56. The molecular weight excluding hydrogens is 254 g/mol. The standard InChI is InChI=1S/C15H25N3O2/c1-10-8-11(2)18(17-10)9-15(16,12-6-7-12)13(19)20-14(3,4)5/h8,12H,6-7,9,16H2,1-5H3. The van der Waals surface area contributed by atoms with E-state index in [-0.39, 0.29) is 11.9 Å². The van der Waals surface area contributed by atoms with E-state index in [1.807, 2.05) is 45.4 Å². The van der Waals surface area contributed by atoms with E-state index in [4.69, 9.17) is 10.5 Å². The fourth-order valence-corrected chi connectivity index (χ4v) is 2.41. The molecule has 0 radical (unpaired) electrons. The fourth-order valence-electron chi connectivity index (χ4n) is 2.41. The van der Waals surface area contributed by atoms with Gasteiger partial charge in [0, 0.05) is 5.69 Å². The Labute approximate surface area is 120 Å². The van der Waals surface area contributed by atoms with Crippen LogP contribution in [0.25, 0.3) is 0 Å². The smallest absolute Gasteiger partial charge is 0.328 e. The largest absolute Gasteiger partial charge is 0.459 e. The van der Waals surface area contributed by atoms with Crippen molar-refractivity contribution < 1.29 is 9.53 Å². The first kappa shape index (κ1) is 15.0. The van der Waals surface area contributed by atoms with Crippen LogP contribution in [0.3, 0.4) is 0 Å². The average Bonchev–Trinajstić information content (AvgIpc) is 3.05. The Balaban J connectivity index is 2.21. The molecule has 2 rings (SSSR count). The zero-order chi connectivity index (χ0) is 15.1. The van der Waals surface area contributed by atoms with Crippen molar-refractivity contribution in [3.8, 4) is 0 Å². The van der Waals surface area contributed by atoms with Crippen molar-refractivity contribution in [2.45, 2.75) is 65.1 Å². The van der Waals surface area contributed by atoms with Crippen LogP contribution >= 0.6 is 0 Å². The van der Waals surface area contributed by atoms with Gasteiger partial charge in [0.2, 0.25) is 0 Å². The van der Waals surface area contributed by atoms with Gasteiger partial charge in [-0.15, -0.1) is 0 Å². The predicted molar refractivity (Wildman–Crippen MR) is 77.2 cm³/mol. The van der Waals surface area contributed by atoms with Crippen molar-refractivity contribution in [2.75, 3.05) is 0 Å². The summed E-state index contributed by atoms with van der Waals surface area (Å²) >= 11 is 0. The second-order valence-corrected chi connectivity index (χ2v) is 6.90. The predicted octanol–water partition coefficient (Wildman–Crippen LogP) is 1.95. The number of aryl methyl sites for hydroxylation is 2. The minimum atomic E-state index is -0.976. The van der Waals surface area contributed by atoms with Crippen LogP contribution in [0, 0.1) is 19.8 Å². The number of rotatable bonds is 4. The van der Waals surface area contributed by atoms with Gasteiger partial charge in [0.15, 0.2) is 0 Å². The van der Waals surface area contributed by atoms with Gasteiger partial charge < -0.3 is 10.5 Å². The van der Waals surface area contributed by atoms with Crippen LogP contribution in [0.4, 0.5) is 0 Å². The third kappa shape index (κ3) is 3.20. The molecule has 1 aromatic heterocycles. The molecule has 1 aromatic rings. The summed E-state index contributed by atoms with van der Waals surface area (Å²) in [5.41, 5.74) is 6.88. The van der Waals surface area contributed by atoms with Crippen molar-refractivity contribution in [1.29, 1.82) is 0 Å². The third-order valence-corrected chi connectivity index (χ3v) is 3.60. The van der Waals surface area contributed by atoms with Crippen LogP contribution in [0.1, 0.15) is 45.0 Å². The number of aromatic nitrogens is 2. The van der Waals surface area contributed by atoms with Crippen LogP contribution in [0.5, 0.6) is 0 Å². The SMILES string of the molecule is Cc1cc(C)n(CC(N)(C(=O)OC(C)(C)C)C2CC2)n1. The van der Waals surface area contributed by atoms with E-state index >= 15 is 0 Å². The van der Waals surface area contributed by atoms with E-state index in [1.165, 1.54) is 0 Å². The Hall–Kier alpha value is -1.36. The highest BCUT2D eigenvalue weighted by Crippen LogP contribution is 2.40. The first-order valence-electron chi connectivity index (χ1n) is 7.15. The first-order valence-corrected chi connectivity index (χ1v) is 7.15. The van der Waals surface area contributed by atoms with Gasteiger partial charge in [-0.25, -0.2) is 4.79 Å². The molecule has 0 aliphatic heterocycles. The second kappa shape index (κ2) is 4.88. The average molecular weight is 279 g/mol. The van der Waals surface area contributed by atoms with Gasteiger partial charge in [-0.1, -0.05) is 0 Å². The molecule has 0 aromatic carbocycles. The van der Waals surface area contributed by atoms with E-state index in [0.717, 1.165) is 24.2 Å². The lowest BCUT2D eigenvalue weighted by molar-refractivity contribution is -0.163. The van der Waals surface area contributed by atoms with E-state index in [1.54, 1.807) is 0 Å². The maximum absolute atomic E-state index is 12.5. The summed E-state index contributed by atoms with van der Waals surface area (Å²) in [7, 11) is 0. The highest BCUT2D eigenvalue weighted by atomic mass is 16.6.